The fourth-order valence-corrected chi connectivity index (χ4v) is 4.45. The lowest BCUT2D eigenvalue weighted by molar-refractivity contribution is -0.147. The van der Waals surface area contributed by atoms with Crippen molar-refractivity contribution < 1.29 is 19.1 Å². The van der Waals surface area contributed by atoms with E-state index in [4.69, 9.17) is 9.47 Å². The van der Waals surface area contributed by atoms with Crippen molar-refractivity contribution in [2.45, 2.75) is 25.6 Å². The molecule has 2 atom stereocenters. The highest BCUT2D eigenvalue weighted by Crippen LogP contribution is 2.34. The number of esters is 2. The van der Waals surface area contributed by atoms with Gasteiger partial charge in [0.1, 0.15) is 16.0 Å². The van der Waals surface area contributed by atoms with Gasteiger partial charge in [0.05, 0.1) is 15.1 Å². The summed E-state index contributed by atoms with van der Waals surface area (Å²) >= 11 is 2.90. The van der Waals surface area contributed by atoms with E-state index in [-0.39, 0.29) is 6.10 Å². The van der Waals surface area contributed by atoms with Crippen LogP contribution in [0, 0.1) is 0 Å². The molecule has 4 rings (SSSR count). The molecule has 5 nitrogen and oxygen atoms in total. The van der Waals surface area contributed by atoms with E-state index < -0.39 is 18.0 Å². The second kappa shape index (κ2) is 5.99. The molecule has 1 saturated heterocycles. The number of aromatic nitrogens is 1. The Kier molecular flexibility index (Phi) is 3.82. The summed E-state index contributed by atoms with van der Waals surface area (Å²) in [6, 6.07) is 11.5. The predicted octanol–water partition coefficient (Wildman–Crippen LogP) is 3.89. The molecule has 0 bridgehead atoms. The largest absolute Gasteiger partial charge is 0.460 e. The zero-order valence-corrected chi connectivity index (χ0v) is 14.4. The van der Waals surface area contributed by atoms with Crippen molar-refractivity contribution in [2.24, 2.45) is 0 Å². The fourth-order valence-electron chi connectivity index (χ4n) is 2.54. The zero-order valence-electron chi connectivity index (χ0n) is 12.7. The number of rotatable bonds is 3. The lowest BCUT2D eigenvalue weighted by Crippen LogP contribution is -2.22. The van der Waals surface area contributed by atoms with Crippen LogP contribution in [0.4, 0.5) is 0 Å². The number of benzene rings is 1. The van der Waals surface area contributed by atoms with E-state index in [1.165, 1.54) is 11.3 Å². The van der Waals surface area contributed by atoms with Crippen LogP contribution in [0.25, 0.3) is 20.1 Å². The van der Waals surface area contributed by atoms with E-state index in [9.17, 15) is 9.59 Å². The van der Waals surface area contributed by atoms with Crippen molar-refractivity contribution in [1.82, 2.24) is 4.98 Å². The summed E-state index contributed by atoms with van der Waals surface area (Å²) < 4.78 is 11.4. The summed E-state index contributed by atoms with van der Waals surface area (Å²) in [5, 5.41) is 0.870. The molecule has 24 heavy (non-hydrogen) atoms. The Hall–Kier alpha value is -2.25. The van der Waals surface area contributed by atoms with Crippen molar-refractivity contribution in [1.29, 1.82) is 0 Å². The Morgan fingerprint density at radius 1 is 1.25 bits per heavy atom. The Labute approximate surface area is 145 Å². The molecule has 1 fully saturated rings. The van der Waals surface area contributed by atoms with Crippen LogP contribution in [0.3, 0.4) is 0 Å². The van der Waals surface area contributed by atoms with Crippen molar-refractivity contribution in [3.63, 3.8) is 0 Å². The minimum atomic E-state index is -0.805. The number of carbonyl (C=O) groups is 2. The molecule has 2 aromatic heterocycles. The first-order valence-corrected chi connectivity index (χ1v) is 9.11. The highest BCUT2D eigenvalue weighted by molar-refractivity contribution is 7.26. The van der Waals surface area contributed by atoms with Crippen LogP contribution in [0.1, 0.15) is 23.0 Å². The monoisotopic (exact) mass is 359 g/mol. The Morgan fingerprint density at radius 3 is 2.83 bits per heavy atom. The van der Waals surface area contributed by atoms with E-state index in [1.807, 2.05) is 30.3 Å². The molecule has 3 aromatic rings. The summed E-state index contributed by atoms with van der Waals surface area (Å²) in [6.07, 6.45) is -0.613. The Balaban J connectivity index is 1.54. The topological polar surface area (TPSA) is 65.5 Å². The number of ether oxygens (including phenoxy) is 2. The number of fused-ring (bicyclic) bond motifs is 1. The summed E-state index contributed by atoms with van der Waals surface area (Å²) in [7, 11) is 0. The molecule has 2 unspecified atom stereocenters. The molecule has 122 valence electrons. The molecule has 0 saturated carbocycles. The smallest absolute Gasteiger partial charge is 0.349 e. The second-order valence-corrected chi connectivity index (χ2v) is 7.64. The van der Waals surface area contributed by atoms with Gasteiger partial charge in [-0.15, -0.1) is 22.7 Å². The van der Waals surface area contributed by atoms with Gasteiger partial charge in [-0.3, -0.25) is 0 Å². The van der Waals surface area contributed by atoms with Gasteiger partial charge < -0.3 is 9.47 Å². The van der Waals surface area contributed by atoms with Gasteiger partial charge in [-0.2, -0.15) is 0 Å². The standard InChI is InChI=1S/C17H13NO4S2/c1-9-8-11(16(19)21-9)22-17(20)14-7-6-13(23-14)15-18-10-4-2-3-5-12(10)24-15/h2-7,9,11H,8H2,1H3. The quantitative estimate of drug-likeness (QED) is 0.664. The van der Waals surface area contributed by atoms with Crippen LogP contribution in [-0.2, 0) is 14.3 Å². The van der Waals surface area contributed by atoms with Gasteiger partial charge in [0.15, 0.2) is 0 Å². The zero-order chi connectivity index (χ0) is 16.7. The summed E-state index contributed by atoms with van der Waals surface area (Å²) in [5.41, 5.74) is 0.942. The first-order chi connectivity index (χ1) is 11.6. The number of nitrogens with zero attached hydrogens (tertiary/aromatic N) is 1. The number of thiophene rings is 1. The minimum Gasteiger partial charge on any atom is -0.460 e. The Morgan fingerprint density at radius 2 is 2.08 bits per heavy atom. The van der Waals surface area contributed by atoms with Gasteiger partial charge in [-0.05, 0) is 31.2 Å². The highest BCUT2D eigenvalue weighted by atomic mass is 32.1. The van der Waals surface area contributed by atoms with Crippen molar-refractivity contribution in [3.8, 4) is 9.88 Å². The van der Waals surface area contributed by atoms with Crippen molar-refractivity contribution in [3.05, 3.63) is 41.3 Å². The van der Waals surface area contributed by atoms with E-state index in [0.717, 1.165) is 20.1 Å². The minimum absolute atomic E-state index is 0.211. The van der Waals surface area contributed by atoms with E-state index in [0.29, 0.717) is 11.3 Å². The molecule has 0 N–H and O–H groups in total. The van der Waals surface area contributed by atoms with Crippen LogP contribution in [0.15, 0.2) is 36.4 Å². The van der Waals surface area contributed by atoms with Gasteiger partial charge in [0.2, 0.25) is 6.10 Å². The van der Waals surface area contributed by atoms with Gasteiger partial charge >= 0.3 is 11.9 Å². The van der Waals surface area contributed by atoms with Gasteiger partial charge in [0.25, 0.3) is 0 Å². The van der Waals surface area contributed by atoms with E-state index >= 15 is 0 Å². The third-order valence-electron chi connectivity index (χ3n) is 3.69. The first-order valence-electron chi connectivity index (χ1n) is 7.47. The van der Waals surface area contributed by atoms with Gasteiger partial charge in [-0.25, -0.2) is 14.6 Å². The van der Waals surface area contributed by atoms with Crippen LogP contribution in [0.5, 0.6) is 0 Å². The van der Waals surface area contributed by atoms with Gasteiger partial charge in [0, 0.05) is 6.42 Å². The summed E-state index contributed by atoms with van der Waals surface area (Å²) in [5.74, 6) is -0.970. The van der Waals surface area contributed by atoms with E-state index in [1.54, 1.807) is 24.3 Å². The molecule has 1 aliphatic rings. The van der Waals surface area contributed by atoms with Crippen molar-refractivity contribution >= 4 is 44.8 Å². The molecule has 3 heterocycles. The summed E-state index contributed by atoms with van der Waals surface area (Å²) in [4.78, 5) is 29.8. The maximum Gasteiger partial charge on any atom is 0.349 e. The fraction of sp³-hybridized carbons (Fsp3) is 0.235. The molecule has 7 heteroatoms. The van der Waals surface area contributed by atoms with Crippen LogP contribution >= 0.6 is 22.7 Å². The SMILES string of the molecule is CC1CC(OC(=O)c2ccc(-c3nc4ccccc4s3)s2)C(=O)O1. The third kappa shape index (κ3) is 2.81. The summed E-state index contributed by atoms with van der Waals surface area (Å²) in [6.45, 7) is 1.78. The van der Waals surface area contributed by atoms with Crippen LogP contribution in [0.2, 0.25) is 0 Å². The molecule has 1 aliphatic heterocycles. The van der Waals surface area contributed by atoms with E-state index in [2.05, 4.69) is 4.98 Å². The number of carbonyl (C=O) groups excluding carboxylic acids is 2. The highest BCUT2D eigenvalue weighted by Gasteiger charge is 2.35. The van der Waals surface area contributed by atoms with Crippen molar-refractivity contribution in [2.75, 3.05) is 0 Å². The second-order valence-electron chi connectivity index (χ2n) is 5.53. The number of hydrogen-bond acceptors (Lipinski definition) is 7. The molecular formula is C17H13NO4S2. The maximum atomic E-state index is 12.2. The molecule has 0 aliphatic carbocycles. The number of hydrogen-bond donors (Lipinski definition) is 0. The lowest BCUT2D eigenvalue weighted by atomic mass is 10.2. The number of thiazole rings is 1. The normalized spacial score (nSPS) is 20.3. The lowest BCUT2D eigenvalue weighted by Gasteiger charge is -2.06. The third-order valence-corrected chi connectivity index (χ3v) is 5.96. The van der Waals surface area contributed by atoms with Crippen LogP contribution < -0.4 is 0 Å². The number of para-hydroxylation sites is 1. The average molecular weight is 359 g/mol. The van der Waals surface area contributed by atoms with Gasteiger partial charge in [-0.1, -0.05) is 12.1 Å². The molecular weight excluding hydrogens is 346 g/mol. The molecule has 0 radical (unpaired) electrons. The molecule has 1 aromatic carbocycles. The molecule has 0 spiro atoms. The molecule has 0 amide bonds. The predicted molar refractivity (Wildman–Crippen MR) is 92.3 cm³/mol. The first kappa shape index (κ1) is 15.3. The maximum absolute atomic E-state index is 12.2. The Bertz CT molecular complexity index is 896. The average Bonchev–Trinajstić information content (AvgIpc) is 3.25. The van der Waals surface area contributed by atoms with Crippen LogP contribution in [-0.4, -0.2) is 29.1 Å². The number of cyclic esters (lactones) is 1.